The third kappa shape index (κ3) is 9.35. The molecular formula is C6H17NaO13P2. The minimum Gasteiger partial charge on any atom is -1.00 e. The zero-order valence-corrected chi connectivity index (χ0v) is 14.9. The van der Waals surface area contributed by atoms with Gasteiger partial charge in [0.15, 0.2) is 6.29 Å². The summed E-state index contributed by atoms with van der Waals surface area (Å²) >= 11 is 0. The molecule has 6 atom stereocenters. The van der Waals surface area contributed by atoms with Gasteiger partial charge in [0, 0.05) is 0 Å². The second-order valence-corrected chi connectivity index (χ2v) is 6.54. The number of phosphoric ester groups is 1. The van der Waals surface area contributed by atoms with Gasteiger partial charge in [0.1, 0.15) is 24.4 Å². The van der Waals surface area contributed by atoms with E-state index in [-0.39, 0.29) is 31.0 Å². The zero-order valence-electron chi connectivity index (χ0n) is 12.1. The van der Waals surface area contributed by atoms with E-state index in [9.17, 15) is 29.6 Å². The van der Waals surface area contributed by atoms with Gasteiger partial charge in [-0.15, -0.1) is 0 Å². The molecule has 2 unspecified atom stereocenters. The van der Waals surface area contributed by atoms with Crippen LogP contribution >= 0.6 is 15.6 Å². The first-order chi connectivity index (χ1) is 9.30. The van der Waals surface area contributed by atoms with Crippen LogP contribution in [0.1, 0.15) is 1.43 Å². The van der Waals surface area contributed by atoms with Crippen LogP contribution < -0.4 is 29.6 Å². The second-order valence-electron chi connectivity index (χ2n) is 3.76. The molecule has 0 saturated carbocycles. The van der Waals surface area contributed by atoms with Gasteiger partial charge in [0.25, 0.3) is 0 Å². The average Bonchev–Trinajstić information content (AvgIpc) is 2.31. The number of rotatable bonds is 9. The number of aliphatic hydroxyl groups excluding tert-OH is 6. The summed E-state index contributed by atoms with van der Waals surface area (Å²) < 4.78 is 28.4. The number of hydrogen-bond donors (Lipinski definition) is 9. The van der Waals surface area contributed by atoms with Gasteiger partial charge in [-0.2, -0.15) is 4.31 Å². The van der Waals surface area contributed by atoms with Crippen LogP contribution in [0.3, 0.4) is 0 Å². The Balaban J connectivity index is -0.00000200. The van der Waals surface area contributed by atoms with Crippen LogP contribution in [-0.4, -0.2) is 82.6 Å². The van der Waals surface area contributed by atoms with Gasteiger partial charge in [-0.25, -0.2) is 9.13 Å². The van der Waals surface area contributed by atoms with Gasteiger partial charge in [-0.05, 0) is 0 Å². The van der Waals surface area contributed by atoms with Gasteiger partial charge >= 0.3 is 45.2 Å². The van der Waals surface area contributed by atoms with Crippen molar-refractivity contribution in [2.45, 2.75) is 30.7 Å². The molecule has 0 aromatic rings. The Morgan fingerprint density at radius 3 is 1.73 bits per heavy atom. The van der Waals surface area contributed by atoms with Crippen molar-refractivity contribution < 1.29 is 94.3 Å². The van der Waals surface area contributed by atoms with E-state index >= 15 is 0 Å². The van der Waals surface area contributed by atoms with Crippen molar-refractivity contribution >= 4 is 15.6 Å². The number of phosphoric acid groups is 2. The molecule has 0 aromatic heterocycles. The van der Waals surface area contributed by atoms with Crippen molar-refractivity contribution in [2.75, 3.05) is 6.61 Å². The molecule has 0 amide bonds. The molecule has 0 aliphatic carbocycles. The molecule has 0 rings (SSSR count). The normalized spacial score (nSPS) is 21.9. The van der Waals surface area contributed by atoms with Gasteiger partial charge in [-0.3, -0.25) is 4.52 Å². The Bertz CT molecular complexity index is 419. The first-order valence-electron chi connectivity index (χ1n) is 5.10. The molecule has 0 aromatic carbocycles. The smallest absolute Gasteiger partial charge is 1.00 e. The van der Waals surface area contributed by atoms with Crippen molar-refractivity contribution in [3.63, 3.8) is 0 Å². The third-order valence-corrected chi connectivity index (χ3v) is 4.18. The van der Waals surface area contributed by atoms with Crippen LogP contribution in [0.5, 0.6) is 0 Å². The number of aliphatic hydroxyl groups is 6. The van der Waals surface area contributed by atoms with Crippen LogP contribution in [0.25, 0.3) is 0 Å². The molecule has 13 nitrogen and oxygen atoms in total. The van der Waals surface area contributed by atoms with E-state index in [1.807, 2.05) is 0 Å². The maximum Gasteiger partial charge on any atom is 1.00 e. The van der Waals surface area contributed by atoms with Crippen molar-refractivity contribution in [3.8, 4) is 0 Å². The predicted molar refractivity (Wildman–Crippen MR) is 62.3 cm³/mol. The zero-order chi connectivity index (χ0) is 17.0. The Morgan fingerprint density at radius 2 is 1.36 bits per heavy atom. The first kappa shape index (κ1) is 25.3. The quantitative estimate of drug-likeness (QED) is 0.103. The van der Waals surface area contributed by atoms with E-state index in [4.69, 9.17) is 24.9 Å². The molecule has 0 bridgehead atoms. The average molecular weight is 382 g/mol. The Morgan fingerprint density at radius 1 is 0.909 bits per heavy atom. The van der Waals surface area contributed by atoms with Crippen LogP contribution in [-0.2, 0) is 18.0 Å². The topological polar surface area (TPSA) is 235 Å². The molecule has 0 fully saturated rings. The Kier molecular flexibility index (Phi) is 11.6. The first-order valence-corrected chi connectivity index (χ1v) is 8.12. The molecule has 0 aliphatic heterocycles. The maximum atomic E-state index is 11.0. The van der Waals surface area contributed by atoms with E-state index in [1.165, 1.54) is 0 Å². The van der Waals surface area contributed by atoms with E-state index in [0.29, 0.717) is 0 Å². The SMILES string of the molecule is O=P(O)(O)OP(=O)(O)OC(O)[C@H](O)[C@@H](O)[C@H](O)[C@H](O)CO.[H-].[Na+]. The van der Waals surface area contributed by atoms with Gasteiger partial charge in [-0.1, -0.05) is 0 Å². The second kappa shape index (κ2) is 10.1. The molecule has 16 heteroatoms. The monoisotopic (exact) mass is 382 g/mol. The molecule has 0 saturated heterocycles. The Labute approximate surface area is 147 Å². The molecule has 0 heterocycles. The van der Waals surface area contributed by atoms with Crippen molar-refractivity contribution in [3.05, 3.63) is 0 Å². The van der Waals surface area contributed by atoms with Gasteiger partial charge in [0.05, 0.1) is 6.61 Å². The molecule has 0 radical (unpaired) electrons. The van der Waals surface area contributed by atoms with Crippen LogP contribution in [0, 0.1) is 0 Å². The molecular weight excluding hydrogens is 365 g/mol. The fourth-order valence-electron chi connectivity index (χ4n) is 1.06. The molecule has 130 valence electrons. The largest absolute Gasteiger partial charge is 1.00 e. The summed E-state index contributed by atoms with van der Waals surface area (Å²) in [5, 5.41) is 54.5. The summed E-state index contributed by atoms with van der Waals surface area (Å²) in [5.41, 5.74) is 0. The number of hydrogen-bond acceptors (Lipinski definition) is 10. The summed E-state index contributed by atoms with van der Waals surface area (Å²) in [6.45, 7) is -1.01. The third-order valence-electron chi connectivity index (χ3n) is 2.02. The van der Waals surface area contributed by atoms with E-state index < -0.39 is 53.0 Å². The fraction of sp³-hybridized carbons (Fsp3) is 1.00. The predicted octanol–water partition coefficient (Wildman–Crippen LogP) is -6.92. The minimum atomic E-state index is -5.50. The van der Waals surface area contributed by atoms with Crippen LogP contribution in [0.2, 0.25) is 0 Å². The minimum absolute atomic E-state index is 0. The van der Waals surface area contributed by atoms with Crippen LogP contribution in [0.4, 0.5) is 0 Å². The fourth-order valence-corrected chi connectivity index (χ4v) is 2.69. The van der Waals surface area contributed by atoms with E-state index in [1.54, 1.807) is 0 Å². The molecule has 9 N–H and O–H groups in total. The Hall–Kier alpha value is 1.02. The summed E-state index contributed by atoms with van der Waals surface area (Å²) in [5.74, 6) is 0. The van der Waals surface area contributed by atoms with E-state index in [2.05, 4.69) is 8.83 Å². The van der Waals surface area contributed by atoms with Gasteiger partial charge in [0.2, 0.25) is 0 Å². The summed E-state index contributed by atoms with van der Waals surface area (Å²) in [6.07, 6.45) is -11.6. The van der Waals surface area contributed by atoms with Crippen molar-refractivity contribution in [2.24, 2.45) is 0 Å². The van der Waals surface area contributed by atoms with Crippen LogP contribution in [0.15, 0.2) is 0 Å². The summed E-state index contributed by atoms with van der Waals surface area (Å²) in [6, 6.07) is 0. The molecule has 22 heavy (non-hydrogen) atoms. The summed E-state index contributed by atoms with van der Waals surface area (Å²) in [4.78, 5) is 25.4. The molecule has 0 aliphatic rings. The van der Waals surface area contributed by atoms with E-state index in [0.717, 1.165) is 0 Å². The molecule has 0 spiro atoms. The maximum absolute atomic E-state index is 11.0. The van der Waals surface area contributed by atoms with Gasteiger partial charge < -0.3 is 46.7 Å². The van der Waals surface area contributed by atoms with Crippen molar-refractivity contribution in [1.82, 2.24) is 0 Å². The van der Waals surface area contributed by atoms with Crippen molar-refractivity contribution in [1.29, 1.82) is 0 Å². The summed E-state index contributed by atoms with van der Waals surface area (Å²) in [7, 11) is -11.0. The standard InChI is InChI=1S/C6H16O13P2.Na.H/c7-1-2(8)3(9)4(10)5(11)6(12)18-21(16,17)19-20(13,14)15;;/h2-12H,1H2,(H,16,17)(H2,13,14,15);;/q;+1;-1/t2-,3-,4+,5-,6?;;/m1../s1.